The molecule has 0 aliphatic rings. The molecule has 0 radical (unpaired) electrons. The number of hydrogen-bond acceptors (Lipinski definition) is 6. The highest BCUT2D eigenvalue weighted by molar-refractivity contribution is 7.88. The lowest BCUT2D eigenvalue weighted by molar-refractivity contribution is -0.115. The van der Waals surface area contributed by atoms with E-state index in [-0.39, 0.29) is 15.0 Å². The Balaban J connectivity index is 0.000000385. The van der Waals surface area contributed by atoms with Gasteiger partial charge in [-0.05, 0) is 6.92 Å². The molecule has 7 nitrogen and oxygen atoms in total. The number of rotatable bonds is 2. The van der Waals surface area contributed by atoms with Crippen molar-refractivity contribution in [2.24, 2.45) is 0 Å². The molecule has 92 valence electrons. The van der Waals surface area contributed by atoms with Crippen LogP contribution in [-0.2, 0) is 14.9 Å². The Kier molecular flexibility index (Phi) is 5.35. The van der Waals surface area contributed by atoms with Gasteiger partial charge in [-0.25, -0.2) is 4.98 Å². The molecular formula is C7H13N3O4S2. The van der Waals surface area contributed by atoms with E-state index in [0.29, 0.717) is 0 Å². The fourth-order valence-corrected chi connectivity index (χ4v) is 2.30. The normalized spacial score (nSPS) is 10.2. The number of anilines is 1. The Labute approximate surface area is 97.6 Å². The highest BCUT2D eigenvalue weighted by Crippen LogP contribution is 2.23. The molecule has 9 heteroatoms. The molecule has 1 rings (SSSR count). The zero-order valence-electron chi connectivity index (χ0n) is 9.04. The number of aromatic nitrogens is 1. The second kappa shape index (κ2) is 5.77. The first-order chi connectivity index (χ1) is 7.18. The molecule has 16 heavy (non-hydrogen) atoms. The zero-order valence-corrected chi connectivity index (χ0v) is 10.7. The van der Waals surface area contributed by atoms with E-state index in [2.05, 4.69) is 4.98 Å². The van der Waals surface area contributed by atoms with Gasteiger partial charge in [0.05, 0.1) is 5.69 Å². The number of carbonyl (C=O) groups excluding carboxylic acids is 1. The van der Waals surface area contributed by atoms with Crippen molar-refractivity contribution in [2.45, 2.75) is 11.1 Å². The fourth-order valence-electron chi connectivity index (χ4n) is 0.642. The maximum absolute atomic E-state index is 10.5. The molecule has 1 aromatic rings. The Bertz CT molecular complexity index is 452. The van der Waals surface area contributed by atoms with Crippen LogP contribution in [0, 0.1) is 6.92 Å². The lowest BCUT2D eigenvalue weighted by Crippen LogP contribution is -2.06. The minimum Gasteiger partial charge on any atom is -0.375 e. The number of hydrogen-bond donors (Lipinski definition) is 2. The molecule has 0 fully saturated rings. The number of nitrogen functional groups attached to an aromatic ring is 1. The highest BCUT2D eigenvalue weighted by atomic mass is 32.3. The van der Waals surface area contributed by atoms with Crippen molar-refractivity contribution in [1.29, 1.82) is 0 Å². The molecular weight excluding hydrogens is 254 g/mol. The first-order valence-corrected chi connectivity index (χ1v) is 6.26. The largest absolute Gasteiger partial charge is 0.375 e. The van der Waals surface area contributed by atoms with Crippen LogP contribution in [0.3, 0.4) is 0 Å². The van der Waals surface area contributed by atoms with E-state index in [1.165, 1.54) is 11.8 Å². The second-order valence-corrected chi connectivity index (χ2v) is 5.62. The van der Waals surface area contributed by atoms with Gasteiger partial charge in [0.15, 0.2) is 9.34 Å². The maximum Gasteiger partial charge on any atom is 0.306 e. The Morgan fingerprint density at radius 3 is 2.06 bits per heavy atom. The predicted molar refractivity (Wildman–Crippen MR) is 60.8 cm³/mol. The average Bonchev–Trinajstić information content (AvgIpc) is 2.45. The topological polar surface area (TPSA) is 114 Å². The third-order valence-corrected chi connectivity index (χ3v) is 3.64. The van der Waals surface area contributed by atoms with Crippen molar-refractivity contribution in [2.75, 3.05) is 19.8 Å². The van der Waals surface area contributed by atoms with Gasteiger partial charge in [-0.15, -0.1) is 0 Å². The van der Waals surface area contributed by atoms with E-state index in [1.54, 1.807) is 14.1 Å². The molecule has 1 heterocycles. The molecule has 1 aromatic heterocycles. The number of amides is 1. The van der Waals surface area contributed by atoms with Crippen LogP contribution in [0.5, 0.6) is 0 Å². The third kappa shape index (κ3) is 5.05. The van der Waals surface area contributed by atoms with Crippen LogP contribution in [-0.4, -0.2) is 43.4 Å². The lowest BCUT2D eigenvalue weighted by Gasteiger charge is -1.93. The van der Waals surface area contributed by atoms with Gasteiger partial charge in [0.2, 0.25) is 6.41 Å². The minimum atomic E-state index is -4.14. The van der Waals surface area contributed by atoms with E-state index >= 15 is 0 Å². The molecule has 0 spiro atoms. The van der Waals surface area contributed by atoms with Crippen LogP contribution in [0.2, 0.25) is 0 Å². The van der Waals surface area contributed by atoms with Crippen LogP contribution in [0.25, 0.3) is 0 Å². The van der Waals surface area contributed by atoms with Crippen LogP contribution in [0.4, 0.5) is 5.13 Å². The number of thiazole rings is 1. The van der Waals surface area contributed by atoms with Crippen LogP contribution < -0.4 is 5.73 Å². The van der Waals surface area contributed by atoms with Gasteiger partial charge in [-0.3, -0.25) is 9.35 Å². The van der Waals surface area contributed by atoms with Gasteiger partial charge in [0, 0.05) is 14.1 Å². The average molecular weight is 267 g/mol. The molecule has 0 saturated carbocycles. The van der Waals surface area contributed by atoms with E-state index in [1.807, 2.05) is 0 Å². The van der Waals surface area contributed by atoms with Crippen molar-refractivity contribution < 1.29 is 17.8 Å². The summed E-state index contributed by atoms with van der Waals surface area (Å²) in [4.78, 5) is 14.5. The van der Waals surface area contributed by atoms with Gasteiger partial charge in [0.1, 0.15) is 0 Å². The quantitative estimate of drug-likeness (QED) is 0.575. The monoisotopic (exact) mass is 267 g/mol. The molecule has 0 bridgehead atoms. The van der Waals surface area contributed by atoms with Gasteiger partial charge in [-0.1, -0.05) is 11.3 Å². The van der Waals surface area contributed by atoms with Crippen LogP contribution in [0.1, 0.15) is 5.69 Å². The van der Waals surface area contributed by atoms with Crippen LogP contribution >= 0.6 is 11.3 Å². The molecule has 3 N–H and O–H groups in total. The second-order valence-electron chi connectivity index (χ2n) is 2.97. The smallest absolute Gasteiger partial charge is 0.306 e. The van der Waals surface area contributed by atoms with Crippen molar-refractivity contribution in [3.63, 3.8) is 0 Å². The van der Waals surface area contributed by atoms with Crippen molar-refractivity contribution in [3.05, 3.63) is 5.69 Å². The summed E-state index contributed by atoms with van der Waals surface area (Å²) in [6.45, 7) is 1.47. The summed E-state index contributed by atoms with van der Waals surface area (Å²) in [6, 6.07) is 0. The van der Waals surface area contributed by atoms with Crippen molar-refractivity contribution >= 4 is 33.0 Å². The molecule has 0 saturated heterocycles. The van der Waals surface area contributed by atoms with Gasteiger partial charge >= 0.3 is 10.1 Å². The number of nitrogens with two attached hydrogens (primary N) is 1. The third-order valence-electron chi connectivity index (χ3n) is 1.22. The number of aryl methyl sites for hydroxylation is 1. The van der Waals surface area contributed by atoms with E-state index in [9.17, 15) is 13.2 Å². The maximum atomic E-state index is 10.5. The standard InChI is InChI=1S/C4H6N2O3S2.C3H7NO/c1-2-3(11(7,8)9)10-4(5)6-2;1-4(2)3-5/h1H3,(H2,5,6)(H,7,8,9);3H,1-2H3. The summed E-state index contributed by atoms with van der Waals surface area (Å²) >= 11 is 0.750. The highest BCUT2D eigenvalue weighted by Gasteiger charge is 2.17. The molecule has 1 amide bonds. The summed E-state index contributed by atoms with van der Waals surface area (Å²) in [5.41, 5.74) is 5.44. The SMILES string of the molecule is CN(C)C=O.Cc1nc(N)sc1S(=O)(=O)O. The van der Waals surface area contributed by atoms with E-state index in [0.717, 1.165) is 17.7 Å². The van der Waals surface area contributed by atoms with Crippen LogP contribution in [0.15, 0.2) is 4.21 Å². The minimum absolute atomic E-state index is 0.134. The van der Waals surface area contributed by atoms with Gasteiger partial charge < -0.3 is 10.6 Å². The fraction of sp³-hybridized carbons (Fsp3) is 0.429. The first kappa shape index (κ1) is 14.8. The Morgan fingerprint density at radius 2 is 1.94 bits per heavy atom. The summed E-state index contributed by atoms with van der Waals surface area (Å²) < 4.78 is 29.5. The summed E-state index contributed by atoms with van der Waals surface area (Å²) in [7, 11) is -0.762. The number of nitrogens with zero attached hydrogens (tertiary/aromatic N) is 2. The molecule has 0 aliphatic carbocycles. The zero-order chi connectivity index (χ0) is 12.9. The molecule has 0 unspecified atom stereocenters. The predicted octanol–water partition coefficient (Wildman–Crippen LogP) is -0.0152. The first-order valence-electron chi connectivity index (χ1n) is 4.00. The van der Waals surface area contributed by atoms with E-state index < -0.39 is 10.1 Å². The van der Waals surface area contributed by atoms with E-state index in [4.69, 9.17) is 10.3 Å². The summed E-state index contributed by atoms with van der Waals surface area (Å²) in [5, 5.41) is 0.134. The molecule has 0 aromatic carbocycles. The summed E-state index contributed by atoms with van der Waals surface area (Å²) in [5.74, 6) is 0. The van der Waals surface area contributed by atoms with Crippen molar-refractivity contribution in [1.82, 2.24) is 9.88 Å². The summed E-state index contributed by atoms with van der Waals surface area (Å²) in [6.07, 6.45) is 0.750. The Hall–Kier alpha value is -1.19. The Morgan fingerprint density at radius 1 is 1.50 bits per heavy atom. The molecule has 0 aliphatic heterocycles. The van der Waals surface area contributed by atoms with Gasteiger partial charge in [0.25, 0.3) is 0 Å². The van der Waals surface area contributed by atoms with Gasteiger partial charge in [-0.2, -0.15) is 8.42 Å². The molecule has 0 atom stereocenters. The number of carbonyl (C=O) groups is 1. The lowest BCUT2D eigenvalue weighted by atomic mass is 10.6. The van der Waals surface area contributed by atoms with Crippen molar-refractivity contribution in [3.8, 4) is 0 Å².